The SMILES string of the molecule is O=C(COc1ccccc1/C=N/NC(=O)c1ccccc1OCC(=O)Nc1ccccc1)Nc1ccccc1. The molecule has 0 aliphatic heterocycles. The van der Waals surface area contributed by atoms with Crippen LogP contribution in [0.4, 0.5) is 11.4 Å². The lowest BCUT2D eigenvalue weighted by molar-refractivity contribution is -0.118. The molecule has 0 aliphatic rings. The number of hydrogen-bond acceptors (Lipinski definition) is 6. The molecule has 4 aromatic carbocycles. The zero-order chi connectivity index (χ0) is 27.3. The van der Waals surface area contributed by atoms with Crippen LogP contribution in [0.2, 0.25) is 0 Å². The molecule has 0 spiro atoms. The second-order valence-corrected chi connectivity index (χ2v) is 8.14. The molecule has 0 aliphatic carbocycles. The molecule has 0 aromatic heterocycles. The smallest absolute Gasteiger partial charge is 0.275 e. The van der Waals surface area contributed by atoms with E-state index in [0.29, 0.717) is 22.7 Å². The summed E-state index contributed by atoms with van der Waals surface area (Å²) < 4.78 is 11.2. The van der Waals surface area contributed by atoms with Gasteiger partial charge in [0.15, 0.2) is 13.2 Å². The van der Waals surface area contributed by atoms with Crippen molar-refractivity contribution in [3.05, 3.63) is 120 Å². The highest BCUT2D eigenvalue weighted by Crippen LogP contribution is 2.19. The van der Waals surface area contributed by atoms with Gasteiger partial charge in [0.1, 0.15) is 11.5 Å². The van der Waals surface area contributed by atoms with Gasteiger partial charge in [0.05, 0.1) is 11.8 Å². The van der Waals surface area contributed by atoms with Crippen LogP contribution in [-0.4, -0.2) is 37.1 Å². The number of para-hydroxylation sites is 4. The summed E-state index contributed by atoms with van der Waals surface area (Å²) >= 11 is 0. The predicted octanol–water partition coefficient (Wildman–Crippen LogP) is 4.49. The lowest BCUT2D eigenvalue weighted by Gasteiger charge is -2.11. The molecule has 39 heavy (non-hydrogen) atoms. The highest BCUT2D eigenvalue weighted by molar-refractivity contribution is 5.98. The van der Waals surface area contributed by atoms with Crippen LogP contribution in [0.5, 0.6) is 11.5 Å². The first kappa shape index (κ1) is 26.6. The Morgan fingerprint density at radius 3 is 1.72 bits per heavy atom. The van der Waals surface area contributed by atoms with Crippen LogP contribution in [0.15, 0.2) is 114 Å². The van der Waals surface area contributed by atoms with Gasteiger partial charge in [-0.2, -0.15) is 5.10 Å². The van der Waals surface area contributed by atoms with Gasteiger partial charge < -0.3 is 20.1 Å². The number of rotatable bonds is 11. The molecule has 0 fully saturated rings. The Morgan fingerprint density at radius 1 is 0.615 bits per heavy atom. The van der Waals surface area contributed by atoms with Crippen LogP contribution in [0.25, 0.3) is 0 Å². The van der Waals surface area contributed by atoms with Crippen molar-refractivity contribution in [1.29, 1.82) is 0 Å². The maximum Gasteiger partial charge on any atom is 0.275 e. The lowest BCUT2D eigenvalue weighted by Crippen LogP contribution is -2.23. The van der Waals surface area contributed by atoms with Gasteiger partial charge in [0.25, 0.3) is 17.7 Å². The molecule has 0 saturated heterocycles. The third-order valence-electron chi connectivity index (χ3n) is 5.25. The normalized spacial score (nSPS) is 10.5. The molecule has 3 amide bonds. The minimum Gasteiger partial charge on any atom is -0.483 e. The largest absolute Gasteiger partial charge is 0.483 e. The number of carbonyl (C=O) groups excluding carboxylic acids is 3. The molecule has 9 heteroatoms. The average molecular weight is 523 g/mol. The monoisotopic (exact) mass is 522 g/mol. The second kappa shape index (κ2) is 13.8. The molecule has 0 atom stereocenters. The van der Waals surface area contributed by atoms with Crippen LogP contribution in [0.1, 0.15) is 15.9 Å². The number of nitrogens with one attached hydrogen (secondary N) is 3. The molecule has 9 nitrogen and oxygen atoms in total. The van der Waals surface area contributed by atoms with Crippen molar-refractivity contribution in [1.82, 2.24) is 5.43 Å². The maximum atomic E-state index is 12.8. The van der Waals surface area contributed by atoms with Gasteiger partial charge in [0, 0.05) is 16.9 Å². The van der Waals surface area contributed by atoms with Crippen molar-refractivity contribution in [3.8, 4) is 11.5 Å². The number of amides is 3. The molecule has 0 bridgehead atoms. The Kier molecular flexibility index (Phi) is 9.39. The fourth-order valence-corrected chi connectivity index (χ4v) is 3.44. The van der Waals surface area contributed by atoms with Crippen molar-refractivity contribution in [2.45, 2.75) is 0 Å². The highest BCUT2D eigenvalue weighted by atomic mass is 16.5. The minimum atomic E-state index is -0.522. The summed E-state index contributed by atoms with van der Waals surface area (Å²) in [6.45, 7) is -0.473. The molecular formula is C30H26N4O5. The lowest BCUT2D eigenvalue weighted by atomic mass is 10.2. The Bertz CT molecular complexity index is 1440. The van der Waals surface area contributed by atoms with E-state index in [1.54, 1.807) is 72.8 Å². The van der Waals surface area contributed by atoms with Crippen LogP contribution >= 0.6 is 0 Å². The third-order valence-corrected chi connectivity index (χ3v) is 5.25. The van der Waals surface area contributed by atoms with E-state index in [9.17, 15) is 14.4 Å². The van der Waals surface area contributed by atoms with Gasteiger partial charge in [-0.05, 0) is 48.5 Å². The van der Waals surface area contributed by atoms with Gasteiger partial charge in [0.2, 0.25) is 0 Å². The first-order valence-corrected chi connectivity index (χ1v) is 12.1. The van der Waals surface area contributed by atoms with Crippen LogP contribution in [0.3, 0.4) is 0 Å². The summed E-state index contributed by atoms with van der Waals surface area (Å²) in [6.07, 6.45) is 1.42. The second-order valence-electron chi connectivity index (χ2n) is 8.14. The fraction of sp³-hybridized carbons (Fsp3) is 0.0667. The van der Waals surface area contributed by atoms with E-state index in [2.05, 4.69) is 21.2 Å². The van der Waals surface area contributed by atoms with E-state index >= 15 is 0 Å². The summed E-state index contributed by atoms with van der Waals surface area (Å²) in [5.74, 6) is -0.529. The first-order chi connectivity index (χ1) is 19.1. The number of hydrazone groups is 1. The highest BCUT2D eigenvalue weighted by Gasteiger charge is 2.13. The molecule has 196 valence electrons. The molecule has 3 N–H and O–H groups in total. The summed E-state index contributed by atoms with van der Waals surface area (Å²) in [5.41, 5.74) is 4.55. The van der Waals surface area contributed by atoms with Crippen molar-refractivity contribution in [3.63, 3.8) is 0 Å². The third kappa shape index (κ3) is 8.29. The van der Waals surface area contributed by atoms with Crippen LogP contribution in [-0.2, 0) is 9.59 Å². The molecule has 0 unspecified atom stereocenters. The summed E-state index contributed by atoms with van der Waals surface area (Å²) in [6, 6.07) is 31.6. The fourth-order valence-electron chi connectivity index (χ4n) is 3.44. The van der Waals surface area contributed by atoms with Crippen molar-refractivity contribution in [2.24, 2.45) is 5.10 Å². The van der Waals surface area contributed by atoms with Crippen molar-refractivity contribution < 1.29 is 23.9 Å². The quantitative estimate of drug-likeness (QED) is 0.198. The Balaban J connectivity index is 1.31. The van der Waals surface area contributed by atoms with E-state index in [4.69, 9.17) is 9.47 Å². The number of benzene rings is 4. The van der Waals surface area contributed by atoms with Crippen molar-refractivity contribution in [2.75, 3.05) is 23.8 Å². The number of ether oxygens (including phenoxy) is 2. The standard InChI is InChI=1S/C30H26N4O5/c35-28(32-23-12-3-1-4-13-23)20-38-26-17-9-7-11-22(26)19-31-34-30(37)25-16-8-10-18-27(25)39-21-29(36)33-24-14-5-2-6-15-24/h1-19H,20-21H2,(H,32,35)(H,33,36)(H,34,37)/b31-19+. The molecule has 4 rings (SSSR count). The molecule has 0 heterocycles. The topological polar surface area (TPSA) is 118 Å². The Hall–Kier alpha value is -5.44. The number of anilines is 2. The Morgan fingerprint density at radius 2 is 1.10 bits per heavy atom. The number of nitrogens with zero attached hydrogens (tertiary/aromatic N) is 1. The summed E-state index contributed by atoms with van der Waals surface area (Å²) in [5, 5.41) is 9.50. The number of carbonyl (C=O) groups is 3. The van der Waals surface area contributed by atoms with Crippen LogP contribution in [0, 0.1) is 0 Å². The van der Waals surface area contributed by atoms with E-state index < -0.39 is 5.91 Å². The van der Waals surface area contributed by atoms with Gasteiger partial charge in [-0.3, -0.25) is 14.4 Å². The van der Waals surface area contributed by atoms with Gasteiger partial charge in [-0.25, -0.2) is 5.43 Å². The van der Waals surface area contributed by atoms with Crippen molar-refractivity contribution >= 4 is 35.3 Å². The molecule has 4 aromatic rings. The van der Waals surface area contributed by atoms with E-state index in [1.165, 1.54) is 6.21 Å². The van der Waals surface area contributed by atoms with E-state index in [1.807, 2.05) is 36.4 Å². The summed E-state index contributed by atoms with van der Waals surface area (Å²) in [7, 11) is 0. The molecular weight excluding hydrogens is 496 g/mol. The molecule has 0 saturated carbocycles. The zero-order valence-corrected chi connectivity index (χ0v) is 20.9. The van der Waals surface area contributed by atoms with Gasteiger partial charge >= 0.3 is 0 Å². The number of hydrogen-bond donors (Lipinski definition) is 3. The van der Waals surface area contributed by atoms with E-state index in [0.717, 1.165) is 0 Å². The maximum absolute atomic E-state index is 12.8. The Labute approximate surface area is 225 Å². The molecule has 0 radical (unpaired) electrons. The zero-order valence-electron chi connectivity index (χ0n) is 20.9. The van der Waals surface area contributed by atoms with Crippen LogP contribution < -0.4 is 25.5 Å². The average Bonchev–Trinajstić information content (AvgIpc) is 2.97. The van der Waals surface area contributed by atoms with Gasteiger partial charge in [-0.15, -0.1) is 0 Å². The first-order valence-electron chi connectivity index (χ1n) is 12.1. The van der Waals surface area contributed by atoms with E-state index in [-0.39, 0.29) is 36.3 Å². The summed E-state index contributed by atoms with van der Waals surface area (Å²) in [4.78, 5) is 37.2. The van der Waals surface area contributed by atoms with Gasteiger partial charge in [-0.1, -0.05) is 60.7 Å². The predicted molar refractivity (Wildman–Crippen MR) is 149 cm³/mol. The minimum absolute atomic E-state index is 0.200.